The lowest BCUT2D eigenvalue weighted by Crippen LogP contribution is -2.41. The molecule has 0 aliphatic rings. The van der Waals surface area contributed by atoms with Crippen LogP contribution in [0.4, 0.5) is 0 Å². The van der Waals surface area contributed by atoms with E-state index < -0.39 is 0 Å². The van der Waals surface area contributed by atoms with Crippen LogP contribution >= 0.6 is 22.9 Å². The third kappa shape index (κ3) is 6.03. The molecular formula is C17H22ClN5OS. The second-order valence-corrected chi connectivity index (χ2v) is 6.77. The zero-order chi connectivity index (χ0) is 18.1. The number of aryl methyl sites for hydroxylation is 1. The largest absolute Gasteiger partial charge is 0.355 e. The lowest BCUT2D eigenvalue weighted by atomic mass is 10.2. The Bertz CT molecular complexity index is 731. The Morgan fingerprint density at radius 2 is 2.00 bits per heavy atom. The molecule has 1 amide bonds. The normalized spacial score (nSPS) is 11.2. The van der Waals surface area contributed by atoms with Crippen molar-refractivity contribution in [2.75, 3.05) is 20.1 Å². The topological polar surface area (TPSA) is 78.4 Å². The van der Waals surface area contributed by atoms with Crippen molar-refractivity contribution in [2.24, 2.45) is 4.99 Å². The Kier molecular flexibility index (Phi) is 7.69. The molecule has 1 aromatic carbocycles. The summed E-state index contributed by atoms with van der Waals surface area (Å²) >= 11 is 7.70. The number of nitrogens with one attached hydrogen (secondary N) is 3. The number of guanidine groups is 1. The third-order valence-electron chi connectivity index (χ3n) is 3.40. The number of nitrogens with zero attached hydrogens (tertiary/aromatic N) is 2. The summed E-state index contributed by atoms with van der Waals surface area (Å²) in [6.07, 6.45) is 2.90. The van der Waals surface area contributed by atoms with E-state index in [1.165, 1.54) is 4.88 Å². The van der Waals surface area contributed by atoms with Crippen LogP contribution in [-0.2, 0) is 13.0 Å². The second-order valence-electron chi connectivity index (χ2n) is 5.16. The molecule has 1 heterocycles. The van der Waals surface area contributed by atoms with Crippen LogP contribution in [0.3, 0.4) is 0 Å². The Balaban J connectivity index is 1.70. The minimum Gasteiger partial charge on any atom is -0.355 e. The van der Waals surface area contributed by atoms with Gasteiger partial charge in [-0.1, -0.05) is 30.7 Å². The molecule has 0 atom stereocenters. The van der Waals surface area contributed by atoms with Crippen molar-refractivity contribution >= 4 is 34.8 Å². The number of aliphatic imine (C=N–C) groups is 1. The van der Waals surface area contributed by atoms with Gasteiger partial charge >= 0.3 is 0 Å². The summed E-state index contributed by atoms with van der Waals surface area (Å²) in [4.78, 5) is 21.8. The minimum absolute atomic E-state index is 0.190. The number of carbonyl (C=O) groups excluding carboxylic acids is 1. The van der Waals surface area contributed by atoms with Crippen LogP contribution in [0.15, 0.2) is 35.5 Å². The average Bonchev–Trinajstić information content (AvgIpc) is 3.09. The molecule has 3 N–H and O–H groups in total. The van der Waals surface area contributed by atoms with E-state index in [1.807, 2.05) is 6.20 Å². The van der Waals surface area contributed by atoms with Crippen LogP contribution in [0, 0.1) is 0 Å². The molecular weight excluding hydrogens is 358 g/mol. The van der Waals surface area contributed by atoms with E-state index >= 15 is 0 Å². The smallest absolute Gasteiger partial charge is 0.252 e. The van der Waals surface area contributed by atoms with E-state index in [-0.39, 0.29) is 5.91 Å². The molecule has 8 heteroatoms. The van der Waals surface area contributed by atoms with Crippen molar-refractivity contribution in [1.29, 1.82) is 0 Å². The van der Waals surface area contributed by atoms with Gasteiger partial charge in [0.25, 0.3) is 5.91 Å². The quantitative estimate of drug-likeness (QED) is 0.392. The van der Waals surface area contributed by atoms with Crippen molar-refractivity contribution in [3.05, 3.63) is 50.9 Å². The highest BCUT2D eigenvalue weighted by Gasteiger charge is 2.08. The first-order valence-electron chi connectivity index (χ1n) is 8.04. The van der Waals surface area contributed by atoms with Gasteiger partial charge in [-0.15, -0.1) is 11.3 Å². The fourth-order valence-corrected chi connectivity index (χ4v) is 3.09. The maximum Gasteiger partial charge on any atom is 0.252 e. The first-order chi connectivity index (χ1) is 12.1. The highest BCUT2D eigenvalue weighted by molar-refractivity contribution is 7.11. The molecule has 2 aromatic rings. The van der Waals surface area contributed by atoms with Gasteiger partial charge in [-0.05, 0) is 18.6 Å². The van der Waals surface area contributed by atoms with Gasteiger partial charge in [-0.2, -0.15) is 0 Å². The molecule has 0 aliphatic carbocycles. The van der Waals surface area contributed by atoms with Crippen molar-refractivity contribution in [1.82, 2.24) is 20.9 Å². The zero-order valence-corrected chi connectivity index (χ0v) is 15.9. The van der Waals surface area contributed by atoms with E-state index in [4.69, 9.17) is 11.6 Å². The summed E-state index contributed by atoms with van der Waals surface area (Å²) in [5.41, 5.74) is 0.474. The summed E-state index contributed by atoms with van der Waals surface area (Å²) in [5.74, 6) is 0.477. The van der Waals surface area contributed by atoms with Crippen molar-refractivity contribution < 1.29 is 4.79 Å². The molecule has 0 unspecified atom stereocenters. The number of rotatable bonds is 7. The third-order valence-corrected chi connectivity index (χ3v) is 4.87. The van der Waals surface area contributed by atoms with Crippen LogP contribution in [0.2, 0.25) is 5.02 Å². The maximum atomic E-state index is 12.0. The second kappa shape index (κ2) is 10.0. The summed E-state index contributed by atoms with van der Waals surface area (Å²) in [7, 11) is 1.71. The fourth-order valence-electron chi connectivity index (χ4n) is 2.07. The first kappa shape index (κ1) is 19.2. The SMILES string of the molecule is CCc1cnc(CNC(=NC)NCCNC(=O)c2ccccc2Cl)s1. The Hall–Kier alpha value is -2.12. The molecule has 0 fully saturated rings. The van der Waals surface area contributed by atoms with Gasteiger partial charge in [-0.25, -0.2) is 4.98 Å². The average molecular weight is 380 g/mol. The molecule has 0 bridgehead atoms. The standard InChI is InChI=1S/C17H22ClN5OS/c1-3-12-10-22-15(25-12)11-23-17(19-2)21-9-8-20-16(24)13-6-4-5-7-14(13)18/h4-7,10H,3,8-9,11H2,1-2H3,(H,20,24)(H2,19,21,23). The van der Waals surface area contributed by atoms with Crippen LogP contribution in [0.25, 0.3) is 0 Å². The fraction of sp³-hybridized carbons (Fsp3) is 0.353. The van der Waals surface area contributed by atoms with Gasteiger partial charge in [0.05, 0.1) is 17.1 Å². The van der Waals surface area contributed by atoms with Gasteiger partial charge in [0, 0.05) is 31.2 Å². The van der Waals surface area contributed by atoms with Crippen molar-refractivity contribution in [3.63, 3.8) is 0 Å². The van der Waals surface area contributed by atoms with Crippen LogP contribution in [0.5, 0.6) is 0 Å². The Morgan fingerprint density at radius 1 is 1.24 bits per heavy atom. The number of halogens is 1. The number of benzene rings is 1. The molecule has 25 heavy (non-hydrogen) atoms. The molecule has 0 radical (unpaired) electrons. The minimum atomic E-state index is -0.190. The van der Waals surface area contributed by atoms with Crippen molar-refractivity contribution in [3.8, 4) is 0 Å². The Labute approximate surface area is 156 Å². The lowest BCUT2D eigenvalue weighted by molar-refractivity contribution is 0.0954. The van der Waals surface area contributed by atoms with Crippen LogP contribution < -0.4 is 16.0 Å². The maximum absolute atomic E-state index is 12.0. The Morgan fingerprint density at radius 3 is 2.68 bits per heavy atom. The molecule has 1 aromatic heterocycles. The summed E-state index contributed by atoms with van der Waals surface area (Å²) in [6, 6.07) is 6.98. The number of hydrogen-bond donors (Lipinski definition) is 3. The lowest BCUT2D eigenvalue weighted by Gasteiger charge is -2.11. The van der Waals surface area contributed by atoms with E-state index in [9.17, 15) is 4.79 Å². The van der Waals surface area contributed by atoms with Crippen molar-refractivity contribution in [2.45, 2.75) is 19.9 Å². The van der Waals surface area contributed by atoms with Crippen LogP contribution in [-0.4, -0.2) is 37.0 Å². The monoisotopic (exact) mass is 379 g/mol. The van der Waals surface area contributed by atoms with E-state index in [2.05, 4.69) is 32.9 Å². The highest BCUT2D eigenvalue weighted by atomic mass is 35.5. The number of aromatic nitrogens is 1. The van der Waals surface area contributed by atoms with E-state index in [0.717, 1.165) is 11.4 Å². The summed E-state index contributed by atoms with van der Waals surface area (Å²) in [5, 5.41) is 10.6. The molecule has 0 aliphatic heterocycles. The molecule has 6 nitrogen and oxygen atoms in total. The molecule has 0 spiro atoms. The van der Waals surface area contributed by atoms with E-state index in [1.54, 1.807) is 42.6 Å². The predicted octanol–water partition coefficient (Wildman–Crippen LogP) is 2.45. The van der Waals surface area contributed by atoms with Gasteiger partial charge in [-0.3, -0.25) is 9.79 Å². The molecule has 0 saturated carbocycles. The number of hydrogen-bond acceptors (Lipinski definition) is 4. The number of thiazole rings is 1. The highest BCUT2D eigenvalue weighted by Crippen LogP contribution is 2.14. The first-order valence-corrected chi connectivity index (χ1v) is 9.24. The van der Waals surface area contributed by atoms with Gasteiger partial charge in [0.15, 0.2) is 5.96 Å². The predicted molar refractivity (Wildman–Crippen MR) is 103 cm³/mol. The van der Waals surface area contributed by atoms with Gasteiger partial charge in [0.2, 0.25) is 0 Å². The molecule has 2 rings (SSSR count). The summed E-state index contributed by atoms with van der Waals surface area (Å²) < 4.78 is 0. The summed E-state index contributed by atoms with van der Waals surface area (Å²) in [6.45, 7) is 3.74. The zero-order valence-electron chi connectivity index (χ0n) is 14.3. The number of carbonyl (C=O) groups is 1. The van der Waals surface area contributed by atoms with E-state index in [0.29, 0.717) is 36.2 Å². The molecule has 0 saturated heterocycles. The van der Waals surface area contributed by atoms with Crippen LogP contribution in [0.1, 0.15) is 27.2 Å². The van der Waals surface area contributed by atoms with Gasteiger partial charge in [0.1, 0.15) is 5.01 Å². The number of amides is 1. The van der Waals surface area contributed by atoms with Gasteiger partial charge < -0.3 is 16.0 Å². The molecule has 134 valence electrons.